The summed E-state index contributed by atoms with van der Waals surface area (Å²) in [6.07, 6.45) is 5.42. The van der Waals surface area contributed by atoms with E-state index in [1.54, 1.807) is 0 Å². The van der Waals surface area contributed by atoms with Crippen LogP contribution < -0.4 is 5.32 Å². The number of aliphatic carboxylic acids is 1. The van der Waals surface area contributed by atoms with Crippen LogP contribution in [0.5, 0.6) is 0 Å². The maximum atomic E-state index is 12.1. The van der Waals surface area contributed by atoms with Crippen LogP contribution in [0.4, 0.5) is 0 Å². The Labute approximate surface area is 112 Å². The van der Waals surface area contributed by atoms with Gasteiger partial charge in [-0.3, -0.25) is 9.59 Å². The molecule has 5 nitrogen and oxygen atoms in total. The lowest BCUT2D eigenvalue weighted by atomic mass is 9.82. The summed E-state index contributed by atoms with van der Waals surface area (Å²) >= 11 is 0. The molecule has 1 saturated carbocycles. The van der Waals surface area contributed by atoms with Gasteiger partial charge in [-0.05, 0) is 31.1 Å². The predicted molar refractivity (Wildman–Crippen MR) is 69.3 cm³/mol. The van der Waals surface area contributed by atoms with E-state index in [0.29, 0.717) is 19.4 Å². The van der Waals surface area contributed by atoms with E-state index in [4.69, 9.17) is 0 Å². The monoisotopic (exact) mass is 267 g/mol. The van der Waals surface area contributed by atoms with Crippen molar-refractivity contribution in [1.29, 1.82) is 0 Å². The van der Waals surface area contributed by atoms with E-state index in [1.807, 2.05) is 19.1 Å². The van der Waals surface area contributed by atoms with Crippen molar-refractivity contribution in [2.45, 2.75) is 32.3 Å². The van der Waals surface area contributed by atoms with Crippen LogP contribution in [-0.4, -0.2) is 34.7 Å². The van der Waals surface area contributed by atoms with Gasteiger partial charge in [0.25, 0.3) is 0 Å². The molecule has 2 aliphatic carbocycles. The Bertz CT molecular complexity index is 393. The molecule has 0 aromatic heterocycles. The molecule has 19 heavy (non-hydrogen) atoms. The van der Waals surface area contributed by atoms with Gasteiger partial charge in [-0.2, -0.15) is 0 Å². The molecule has 0 aromatic rings. The summed E-state index contributed by atoms with van der Waals surface area (Å²) in [6.45, 7) is 2.28. The predicted octanol–water partition coefficient (Wildman–Crippen LogP) is 0.787. The summed E-state index contributed by atoms with van der Waals surface area (Å²) < 4.78 is 0. The van der Waals surface area contributed by atoms with Gasteiger partial charge in [-0.25, -0.2) is 0 Å². The van der Waals surface area contributed by atoms with Crippen LogP contribution in [0.1, 0.15) is 26.2 Å². The highest BCUT2D eigenvalue weighted by Crippen LogP contribution is 2.48. The van der Waals surface area contributed by atoms with Crippen LogP contribution >= 0.6 is 0 Å². The normalized spacial score (nSPS) is 33.4. The first-order valence-electron chi connectivity index (χ1n) is 6.91. The summed E-state index contributed by atoms with van der Waals surface area (Å²) in [5.41, 5.74) is 0. The van der Waals surface area contributed by atoms with Gasteiger partial charge in [-0.15, -0.1) is 0 Å². The quantitative estimate of drug-likeness (QED) is 0.621. The van der Waals surface area contributed by atoms with E-state index in [9.17, 15) is 19.8 Å². The van der Waals surface area contributed by atoms with Crippen LogP contribution in [0.3, 0.4) is 0 Å². The van der Waals surface area contributed by atoms with Gasteiger partial charge in [0.15, 0.2) is 0 Å². The van der Waals surface area contributed by atoms with Crippen molar-refractivity contribution in [3.05, 3.63) is 12.2 Å². The molecule has 5 heteroatoms. The van der Waals surface area contributed by atoms with Crippen LogP contribution in [0.2, 0.25) is 0 Å². The minimum absolute atomic E-state index is 0.000480. The van der Waals surface area contributed by atoms with E-state index in [0.717, 1.165) is 6.42 Å². The number of hydrogen-bond donors (Lipinski definition) is 3. The van der Waals surface area contributed by atoms with Crippen molar-refractivity contribution in [2.24, 2.45) is 23.7 Å². The zero-order valence-electron chi connectivity index (χ0n) is 11.1. The van der Waals surface area contributed by atoms with Crippen molar-refractivity contribution in [1.82, 2.24) is 5.32 Å². The molecule has 1 fully saturated rings. The third-order valence-electron chi connectivity index (χ3n) is 4.30. The van der Waals surface area contributed by atoms with Crippen molar-refractivity contribution in [2.75, 3.05) is 6.54 Å². The number of aliphatic hydroxyl groups excluding tert-OH is 1. The molecule has 2 aliphatic rings. The summed E-state index contributed by atoms with van der Waals surface area (Å²) in [5, 5.41) is 21.4. The second-order valence-electron chi connectivity index (χ2n) is 5.48. The number of carboxylic acid groups (broad SMARTS) is 1. The molecule has 0 spiro atoms. The molecule has 3 unspecified atom stereocenters. The summed E-state index contributed by atoms with van der Waals surface area (Å²) in [7, 11) is 0. The zero-order chi connectivity index (χ0) is 14.0. The van der Waals surface area contributed by atoms with Crippen molar-refractivity contribution in [3.8, 4) is 0 Å². The summed E-state index contributed by atoms with van der Waals surface area (Å²) in [5.74, 6) is -2.06. The Morgan fingerprint density at radius 3 is 2.53 bits per heavy atom. The minimum atomic E-state index is -0.884. The van der Waals surface area contributed by atoms with Gasteiger partial charge in [0.1, 0.15) is 0 Å². The van der Waals surface area contributed by atoms with E-state index in [-0.39, 0.29) is 17.7 Å². The Hall–Kier alpha value is -1.36. The molecule has 1 amide bonds. The fourth-order valence-electron chi connectivity index (χ4n) is 3.20. The summed E-state index contributed by atoms with van der Waals surface area (Å²) in [6, 6.07) is 0. The number of nitrogens with one attached hydrogen (secondary N) is 1. The SMILES string of the molecule is CCC(O)CCNC(=O)[C@H]1C2C=CC(C2)[C@H]1C(=O)O. The fraction of sp³-hybridized carbons (Fsp3) is 0.714. The van der Waals surface area contributed by atoms with Gasteiger partial charge >= 0.3 is 5.97 Å². The largest absolute Gasteiger partial charge is 0.481 e. The number of aliphatic hydroxyl groups is 1. The molecule has 0 heterocycles. The van der Waals surface area contributed by atoms with Crippen LogP contribution in [0, 0.1) is 23.7 Å². The van der Waals surface area contributed by atoms with Gasteiger partial charge in [0, 0.05) is 6.54 Å². The lowest BCUT2D eigenvalue weighted by molar-refractivity contribution is -0.147. The molecule has 0 saturated heterocycles. The minimum Gasteiger partial charge on any atom is -0.481 e. The standard InChI is InChI=1S/C14H21NO4/c1-2-10(16)5-6-15-13(17)11-8-3-4-9(7-8)12(11)14(18)19/h3-4,8-12,16H,2,5-7H2,1H3,(H,15,17)(H,18,19)/t8?,9?,10?,11-,12+/m0/s1. The number of amides is 1. The Morgan fingerprint density at radius 1 is 1.32 bits per heavy atom. The third kappa shape index (κ3) is 2.81. The smallest absolute Gasteiger partial charge is 0.307 e. The maximum Gasteiger partial charge on any atom is 0.307 e. The van der Waals surface area contributed by atoms with Crippen molar-refractivity contribution < 1.29 is 19.8 Å². The van der Waals surface area contributed by atoms with Gasteiger partial charge < -0.3 is 15.5 Å². The first kappa shape index (κ1) is 14.1. The summed E-state index contributed by atoms with van der Waals surface area (Å²) in [4.78, 5) is 23.4. The molecule has 0 aromatic carbocycles. The van der Waals surface area contributed by atoms with E-state index >= 15 is 0 Å². The van der Waals surface area contributed by atoms with Gasteiger partial charge in [0.05, 0.1) is 17.9 Å². The lowest BCUT2D eigenvalue weighted by Gasteiger charge is -2.24. The molecular formula is C14H21NO4. The number of carboxylic acids is 1. The number of rotatable bonds is 6. The molecule has 2 bridgehead atoms. The fourth-order valence-corrected chi connectivity index (χ4v) is 3.20. The van der Waals surface area contributed by atoms with Gasteiger partial charge in [0.2, 0.25) is 5.91 Å². The molecule has 3 N–H and O–H groups in total. The molecule has 0 aliphatic heterocycles. The second-order valence-corrected chi connectivity index (χ2v) is 5.48. The highest BCUT2D eigenvalue weighted by Gasteiger charge is 2.51. The van der Waals surface area contributed by atoms with E-state index in [1.165, 1.54) is 0 Å². The molecule has 106 valence electrons. The van der Waals surface area contributed by atoms with E-state index in [2.05, 4.69) is 5.32 Å². The lowest BCUT2D eigenvalue weighted by Crippen LogP contribution is -2.41. The first-order valence-corrected chi connectivity index (χ1v) is 6.91. The number of carbonyl (C=O) groups is 2. The Kier molecular flexibility index (Phi) is 4.24. The van der Waals surface area contributed by atoms with Crippen molar-refractivity contribution in [3.63, 3.8) is 0 Å². The van der Waals surface area contributed by atoms with Crippen molar-refractivity contribution >= 4 is 11.9 Å². The number of fused-ring (bicyclic) bond motifs is 2. The van der Waals surface area contributed by atoms with Crippen LogP contribution in [0.25, 0.3) is 0 Å². The molecule has 2 rings (SSSR count). The van der Waals surface area contributed by atoms with Crippen LogP contribution in [-0.2, 0) is 9.59 Å². The topological polar surface area (TPSA) is 86.6 Å². The number of carbonyl (C=O) groups excluding carboxylic acids is 1. The highest BCUT2D eigenvalue weighted by atomic mass is 16.4. The highest BCUT2D eigenvalue weighted by molar-refractivity contribution is 5.86. The third-order valence-corrected chi connectivity index (χ3v) is 4.30. The maximum absolute atomic E-state index is 12.1. The molecular weight excluding hydrogens is 246 g/mol. The zero-order valence-corrected chi connectivity index (χ0v) is 11.1. The Morgan fingerprint density at radius 2 is 1.95 bits per heavy atom. The molecule has 0 radical (unpaired) electrons. The number of hydrogen-bond acceptors (Lipinski definition) is 3. The van der Waals surface area contributed by atoms with E-state index < -0.39 is 23.9 Å². The van der Waals surface area contributed by atoms with Crippen LogP contribution in [0.15, 0.2) is 12.2 Å². The number of allylic oxidation sites excluding steroid dienone is 2. The average Bonchev–Trinajstić information content (AvgIpc) is 2.98. The second kappa shape index (κ2) is 5.74. The molecule has 5 atom stereocenters. The van der Waals surface area contributed by atoms with Gasteiger partial charge in [-0.1, -0.05) is 19.1 Å². The first-order chi connectivity index (χ1) is 9.04. The Balaban J connectivity index is 1.91. The average molecular weight is 267 g/mol.